The molecule has 1 aliphatic heterocycles. The van der Waals surface area contributed by atoms with Crippen molar-refractivity contribution in [2.45, 2.75) is 18.9 Å². The van der Waals surface area contributed by atoms with Crippen molar-refractivity contribution >= 4 is 0 Å². The van der Waals surface area contributed by atoms with E-state index in [9.17, 15) is 0 Å². The zero-order chi connectivity index (χ0) is 15.4. The van der Waals surface area contributed by atoms with Crippen LogP contribution in [0.5, 0.6) is 5.75 Å². The third-order valence-electron chi connectivity index (χ3n) is 4.55. The Morgan fingerprint density at radius 1 is 1.09 bits per heavy atom. The van der Waals surface area contributed by atoms with Crippen LogP contribution in [0, 0.1) is 0 Å². The SMILES string of the molecule is COc1ccccc1C(CN)CN1CCc2ccccc2C1. The fourth-order valence-corrected chi connectivity index (χ4v) is 3.33. The van der Waals surface area contributed by atoms with E-state index in [-0.39, 0.29) is 0 Å². The minimum atomic E-state index is 0.307. The molecule has 3 heteroatoms. The molecule has 0 bridgehead atoms. The summed E-state index contributed by atoms with van der Waals surface area (Å²) in [6, 6.07) is 17.0. The number of nitrogens with zero attached hydrogens (tertiary/aromatic N) is 1. The lowest BCUT2D eigenvalue weighted by Crippen LogP contribution is -2.36. The smallest absolute Gasteiger partial charge is 0.122 e. The van der Waals surface area contributed by atoms with Gasteiger partial charge in [0.2, 0.25) is 0 Å². The monoisotopic (exact) mass is 296 g/mol. The van der Waals surface area contributed by atoms with Gasteiger partial charge in [-0.1, -0.05) is 42.5 Å². The molecule has 0 radical (unpaired) electrons. The quantitative estimate of drug-likeness (QED) is 0.922. The van der Waals surface area contributed by atoms with E-state index in [0.717, 1.165) is 31.8 Å². The van der Waals surface area contributed by atoms with E-state index < -0.39 is 0 Å². The van der Waals surface area contributed by atoms with Gasteiger partial charge < -0.3 is 10.5 Å². The van der Waals surface area contributed by atoms with Crippen molar-refractivity contribution in [2.24, 2.45) is 5.73 Å². The first-order valence-electron chi connectivity index (χ1n) is 7.94. The summed E-state index contributed by atoms with van der Waals surface area (Å²) in [7, 11) is 1.73. The van der Waals surface area contributed by atoms with Crippen molar-refractivity contribution in [3.63, 3.8) is 0 Å². The topological polar surface area (TPSA) is 38.5 Å². The first kappa shape index (κ1) is 15.1. The Hall–Kier alpha value is -1.84. The van der Waals surface area contributed by atoms with Crippen LogP contribution in [0.15, 0.2) is 48.5 Å². The molecule has 0 amide bonds. The van der Waals surface area contributed by atoms with Crippen LogP contribution in [0.4, 0.5) is 0 Å². The lowest BCUT2D eigenvalue weighted by atomic mass is 9.95. The number of para-hydroxylation sites is 1. The van der Waals surface area contributed by atoms with Gasteiger partial charge in [0, 0.05) is 32.1 Å². The Balaban J connectivity index is 1.74. The Kier molecular flexibility index (Phi) is 4.76. The fraction of sp³-hybridized carbons (Fsp3) is 0.368. The molecule has 1 unspecified atom stereocenters. The molecule has 0 aliphatic carbocycles. The molecule has 0 spiro atoms. The van der Waals surface area contributed by atoms with Crippen LogP contribution in [-0.4, -0.2) is 31.6 Å². The molecule has 1 aliphatic rings. The van der Waals surface area contributed by atoms with E-state index >= 15 is 0 Å². The van der Waals surface area contributed by atoms with Crippen LogP contribution >= 0.6 is 0 Å². The molecule has 2 aromatic carbocycles. The predicted molar refractivity (Wildman–Crippen MR) is 90.2 cm³/mol. The second-order valence-corrected chi connectivity index (χ2v) is 5.93. The third-order valence-corrected chi connectivity index (χ3v) is 4.55. The van der Waals surface area contributed by atoms with Gasteiger partial charge in [-0.3, -0.25) is 4.90 Å². The number of nitrogens with two attached hydrogens (primary N) is 1. The molecule has 2 N–H and O–H groups in total. The summed E-state index contributed by atoms with van der Waals surface area (Å²) in [5.41, 5.74) is 10.2. The summed E-state index contributed by atoms with van der Waals surface area (Å²) in [6.45, 7) is 3.73. The molecule has 1 atom stereocenters. The summed E-state index contributed by atoms with van der Waals surface area (Å²) < 4.78 is 5.50. The maximum atomic E-state index is 6.06. The first-order chi connectivity index (χ1) is 10.8. The van der Waals surface area contributed by atoms with Gasteiger partial charge in [0.1, 0.15) is 5.75 Å². The first-order valence-corrected chi connectivity index (χ1v) is 7.94. The Bertz CT molecular complexity index is 626. The van der Waals surface area contributed by atoms with Crippen molar-refractivity contribution in [2.75, 3.05) is 26.7 Å². The Morgan fingerprint density at radius 2 is 1.82 bits per heavy atom. The molecule has 116 valence electrons. The molecular formula is C19H24N2O. The molecule has 3 nitrogen and oxygen atoms in total. The van der Waals surface area contributed by atoms with Crippen LogP contribution in [0.2, 0.25) is 0 Å². The molecule has 0 fully saturated rings. The molecule has 1 heterocycles. The Morgan fingerprint density at radius 3 is 2.59 bits per heavy atom. The van der Waals surface area contributed by atoms with E-state index in [1.165, 1.54) is 16.7 Å². The lowest BCUT2D eigenvalue weighted by molar-refractivity contribution is 0.237. The van der Waals surface area contributed by atoms with Crippen molar-refractivity contribution in [3.05, 3.63) is 65.2 Å². The van der Waals surface area contributed by atoms with Crippen LogP contribution in [0.1, 0.15) is 22.6 Å². The number of rotatable bonds is 5. The van der Waals surface area contributed by atoms with Crippen molar-refractivity contribution < 1.29 is 4.74 Å². The summed E-state index contributed by atoms with van der Waals surface area (Å²) in [5.74, 6) is 1.25. The average Bonchev–Trinajstić information content (AvgIpc) is 2.59. The standard InChI is InChI=1S/C19H24N2O/c1-22-19-9-5-4-8-18(19)17(12-20)14-21-11-10-15-6-2-3-7-16(15)13-21/h2-9,17H,10-14,20H2,1H3. The van der Waals surface area contributed by atoms with E-state index in [1.54, 1.807) is 7.11 Å². The zero-order valence-corrected chi connectivity index (χ0v) is 13.2. The van der Waals surface area contributed by atoms with Crippen LogP contribution in [0.3, 0.4) is 0 Å². The summed E-state index contributed by atoms with van der Waals surface area (Å²) >= 11 is 0. The third kappa shape index (κ3) is 3.16. The van der Waals surface area contributed by atoms with E-state index in [1.807, 2.05) is 12.1 Å². The molecule has 2 aromatic rings. The second kappa shape index (κ2) is 6.95. The average molecular weight is 296 g/mol. The molecular weight excluding hydrogens is 272 g/mol. The largest absolute Gasteiger partial charge is 0.496 e. The molecule has 22 heavy (non-hydrogen) atoms. The highest BCUT2D eigenvalue weighted by molar-refractivity contribution is 5.37. The van der Waals surface area contributed by atoms with Gasteiger partial charge in [0.15, 0.2) is 0 Å². The number of methoxy groups -OCH3 is 1. The van der Waals surface area contributed by atoms with E-state index in [4.69, 9.17) is 10.5 Å². The van der Waals surface area contributed by atoms with E-state index in [0.29, 0.717) is 12.5 Å². The van der Waals surface area contributed by atoms with Crippen molar-refractivity contribution in [3.8, 4) is 5.75 Å². The van der Waals surface area contributed by atoms with Gasteiger partial charge in [0.05, 0.1) is 7.11 Å². The molecule has 3 rings (SSSR count). The predicted octanol–water partition coefficient (Wildman–Crippen LogP) is 2.80. The normalized spacial score (nSPS) is 16.1. The van der Waals surface area contributed by atoms with Gasteiger partial charge >= 0.3 is 0 Å². The van der Waals surface area contributed by atoms with Crippen LogP contribution < -0.4 is 10.5 Å². The van der Waals surface area contributed by atoms with Crippen molar-refractivity contribution in [1.82, 2.24) is 4.90 Å². The van der Waals surface area contributed by atoms with Gasteiger partial charge in [-0.2, -0.15) is 0 Å². The number of benzene rings is 2. The van der Waals surface area contributed by atoms with Gasteiger partial charge in [-0.25, -0.2) is 0 Å². The van der Waals surface area contributed by atoms with Gasteiger partial charge in [-0.05, 0) is 29.2 Å². The number of hydrogen-bond donors (Lipinski definition) is 1. The number of fused-ring (bicyclic) bond motifs is 1. The van der Waals surface area contributed by atoms with Gasteiger partial charge in [0.25, 0.3) is 0 Å². The lowest BCUT2D eigenvalue weighted by Gasteiger charge is -2.32. The zero-order valence-electron chi connectivity index (χ0n) is 13.2. The molecule has 0 saturated carbocycles. The van der Waals surface area contributed by atoms with Gasteiger partial charge in [-0.15, -0.1) is 0 Å². The fourth-order valence-electron chi connectivity index (χ4n) is 3.33. The molecule has 0 saturated heterocycles. The van der Waals surface area contributed by atoms with Crippen molar-refractivity contribution in [1.29, 1.82) is 0 Å². The Labute approximate surface area is 132 Å². The maximum absolute atomic E-state index is 6.06. The number of hydrogen-bond acceptors (Lipinski definition) is 3. The summed E-state index contributed by atoms with van der Waals surface area (Å²) in [6.07, 6.45) is 1.12. The highest BCUT2D eigenvalue weighted by Gasteiger charge is 2.21. The summed E-state index contributed by atoms with van der Waals surface area (Å²) in [5, 5.41) is 0. The highest BCUT2D eigenvalue weighted by atomic mass is 16.5. The maximum Gasteiger partial charge on any atom is 0.122 e. The van der Waals surface area contributed by atoms with Crippen LogP contribution in [0.25, 0.3) is 0 Å². The molecule has 0 aromatic heterocycles. The van der Waals surface area contributed by atoms with Crippen LogP contribution in [-0.2, 0) is 13.0 Å². The highest BCUT2D eigenvalue weighted by Crippen LogP contribution is 2.28. The second-order valence-electron chi connectivity index (χ2n) is 5.93. The minimum Gasteiger partial charge on any atom is -0.496 e. The number of ether oxygens (including phenoxy) is 1. The summed E-state index contributed by atoms with van der Waals surface area (Å²) in [4.78, 5) is 2.51. The van der Waals surface area contributed by atoms with E-state index in [2.05, 4.69) is 41.3 Å². The minimum absolute atomic E-state index is 0.307.